The summed E-state index contributed by atoms with van der Waals surface area (Å²) in [4.78, 5) is 14.7. The molecular weight excluding hydrogens is 350 g/mol. The van der Waals surface area contributed by atoms with Crippen molar-refractivity contribution < 1.29 is 18.3 Å². The van der Waals surface area contributed by atoms with Gasteiger partial charge in [0, 0.05) is 12.1 Å². The molecule has 3 rings (SSSR count). The summed E-state index contributed by atoms with van der Waals surface area (Å²) in [5.41, 5.74) is 1.20. The minimum absolute atomic E-state index is 0.0254. The fraction of sp³-hybridized carbons (Fsp3) is 0.381. The van der Waals surface area contributed by atoms with Crippen LogP contribution in [-0.4, -0.2) is 37.0 Å². The molecular formula is C21H24F2N2O2. The van der Waals surface area contributed by atoms with Gasteiger partial charge in [-0.15, -0.1) is 0 Å². The van der Waals surface area contributed by atoms with Crippen LogP contribution in [0.25, 0.3) is 0 Å². The Morgan fingerprint density at radius 1 is 1.11 bits per heavy atom. The van der Waals surface area contributed by atoms with Gasteiger partial charge in [0.2, 0.25) is 0 Å². The smallest absolute Gasteiger partial charge is 0.251 e. The Morgan fingerprint density at radius 2 is 1.81 bits per heavy atom. The lowest BCUT2D eigenvalue weighted by atomic mass is 10.0. The Morgan fingerprint density at radius 3 is 2.44 bits per heavy atom. The highest BCUT2D eigenvalue weighted by Gasteiger charge is 2.24. The summed E-state index contributed by atoms with van der Waals surface area (Å²) in [6, 6.07) is 11.1. The molecule has 1 N–H and O–H groups in total. The van der Waals surface area contributed by atoms with Crippen LogP contribution in [0.4, 0.5) is 8.78 Å². The lowest BCUT2D eigenvalue weighted by Crippen LogP contribution is -2.36. The fourth-order valence-corrected chi connectivity index (χ4v) is 3.39. The fourth-order valence-electron chi connectivity index (χ4n) is 3.39. The number of hydrogen-bond donors (Lipinski definition) is 1. The molecule has 0 bridgehead atoms. The maximum Gasteiger partial charge on any atom is 0.251 e. The van der Waals surface area contributed by atoms with E-state index in [2.05, 4.69) is 10.2 Å². The van der Waals surface area contributed by atoms with Gasteiger partial charge in [0.25, 0.3) is 5.91 Å². The Hall–Kier alpha value is -2.47. The van der Waals surface area contributed by atoms with Crippen LogP contribution in [0.5, 0.6) is 5.75 Å². The standard InChI is InChI=1S/C21H24F2N2O2/c1-2-27-17-8-5-15(6-9-17)20(25-11-3-4-12-25)14-24-21(26)16-7-10-18(22)19(23)13-16/h5-10,13,20H,2-4,11-12,14H2,1H3,(H,24,26). The average Bonchev–Trinajstić information content (AvgIpc) is 3.20. The monoisotopic (exact) mass is 374 g/mol. The van der Waals surface area contributed by atoms with E-state index in [1.165, 1.54) is 6.07 Å². The second kappa shape index (κ2) is 8.95. The Kier molecular flexibility index (Phi) is 6.40. The summed E-state index contributed by atoms with van der Waals surface area (Å²) in [5.74, 6) is -1.59. The van der Waals surface area contributed by atoms with Crippen LogP contribution >= 0.6 is 0 Å². The van der Waals surface area contributed by atoms with Gasteiger partial charge in [-0.3, -0.25) is 9.69 Å². The molecule has 1 aliphatic rings. The van der Waals surface area contributed by atoms with Crippen LogP contribution in [0.1, 0.15) is 41.7 Å². The third-order valence-corrected chi connectivity index (χ3v) is 4.80. The van der Waals surface area contributed by atoms with Crippen molar-refractivity contribution in [2.45, 2.75) is 25.8 Å². The first kappa shape index (κ1) is 19.3. The molecule has 0 spiro atoms. The first-order chi connectivity index (χ1) is 13.1. The van der Waals surface area contributed by atoms with Gasteiger partial charge in [0.1, 0.15) is 5.75 Å². The van der Waals surface area contributed by atoms with E-state index in [0.29, 0.717) is 13.2 Å². The van der Waals surface area contributed by atoms with Gasteiger partial charge in [-0.1, -0.05) is 12.1 Å². The average molecular weight is 374 g/mol. The Labute approximate surface area is 158 Å². The van der Waals surface area contributed by atoms with Crippen molar-refractivity contribution in [2.75, 3.05) is 26.2 Å². The van der Waals surface area contributed by atoms with E-state index in [1.807, 2.05) is 31.2 Å². The predicted molar refractivity (Wildman–Crippen MR) is 99.9 cm³/mol. The van der Waals surface area contributed by atoms with Gasteiger partial charge < -0.3 is 10.1 Å². The molecule has 1 amide bonds. The summed E-state index contributed by atoms with van der Waals surface area (Å²) in [5, 5.41) is 2.86. The van der Waals surface area contributed by atoms with Crippen LogP contribution in [0, 0.1) is 11.6 Å². The normalized spacial score (nSPS) is 15.5. The molecule has 0 aromatic heterocycles. The third-order valence-electron chi connectivity index (χ3n) is 4.80. The minimum atomic E-state index is -1.02. The molecule has 144 valence electrons. The number of halogens is 2. The molecule has 4 nitrogen and oxygen atoms in total. The number of nitrogens with zero attached hydrogens (tertiary/aromatic N) is 1. The summed E-state index contributed by atoms with van der Waals surface area (Å²) >= 11 is 0. The van der Waals surface area contributed by atoms with Crippen molar-refractivity contribution in [3.8, 4) is 5.75 Å². The van der Waals surface area contributed by atoms with Crippen molar-refractivity contribution in [3.63, 3.8) is 0 Å². The highest BCUT2D eigenvalue weighted by Crippen LogP contribution is 2.26. The molecule has 0 aliphatic carbocycles. The maximum absolute atomic E-state index is 13.4. The molecule has 27 heavy (non-hydrogen) atoms. The highest BCUT2D eigenvalue weighted by atomic mass is 19.2. The van der Waals surface area contributed by atoms with Gasteiger partial charge in [-0.05, 0) is 68.8 Å². The quantitative estimate of drug-likeness (QED) is 0.798. The molecule has 6 heteroatoms. The van der Waals surface area contributed by atoms with Gasteiger partial charge >= 0.3 is 0 Å². The Bertz CT molecular complexity index is 774. The summed E-state index contributed by atoms with van der Waals surface area (Å²) < 4.78 is 31.9. The van der Waals surface area contributed by atoms with Gasteiger partial charge in [-0.25, -0.2) is 8.78 Å². The van der Waals surface area contributed by atoms with E-state index >= 15 is 0 Å². The summed E-state index contributed by atoms with van der Waals surface area (Å²) in [6.45, 7) is 4.89. The number of carbonyl (C=O) groups excluding carboxylic acids is 1. The second-order valence-corrected chi connectivity index (χ2v) is 6.60. The molecule has 0 radical (unpaired) electrons. The molecule has 1 aliphatic heterocycles. The van der Waals surface area contributed by atoms with Crippen molar-refractivity contribution in [1.29, 1.82) is 0 Å². The molecule has 1 heterocycles. The minimum Gasteiger partial charge on any atom is -0.494 e. The first-order valence-electron chi connectivity index (χ1n) is 9.28. The van der Waals surface area contributed by atoms with Gasteiger partial charge in [0.15, 0.2) is 11.6 Å². The van der Waals surface area contributed by atoms with Gasteiger partial charge in [-0.2, -0.15) is 0 Å². The zero-order valence-electron chi connectivity index (χ0n) is 15.4. The van der Waals surface area contributed by atoms with Crippen molar-refractivity contribution in [1.82, 2.24) is 10.2 Å². The zero-order chi connectivity index (χ0) is 19.2. The zero-order valence-corrected chi connectivity index (χ0v) is 15.4. The summed E-state index contributed by atoms with van der Waals surface area (Å²) in [7, 11) is 0. The van der Waals surface area contributed by atoms with E-state index < -0.39 is 17.5 Å². The van der Waals surface area contributed by atoms with E-state index in [9.17, 15) is 13.6 Å². The molecule has 1 unspecified atom stereocenters. The molecule has 1 saturated heterocycles. The van der Waals surface area contributed by atoms with Crippen LogP contribution in [0.3, 0.4) is 0 Å². The number of likely N-dealkylation sites (tertiary alicyclic amines) is 1. The lowest BCUT2D eigenvalue weighted by Gasteiger charge is -2.28. The number of carbonyl (C=O) groups is 1. The number of nitrogens with one attached hydrogen (secondary N) is 1. The highest BCUT2D eigenvalue weighted by molar-refractivity contribution is 5.94. The molecule has 2 aromatic carbocycles. The van der Waals surface area contributed by atoms with Gasteiger partial charge in [0.05, 0.1) is 12.6 Å². The van der Waals surface area contributed by atoms with E-state index in [4.69, 9.17) is 4.74 Å². The third kappa shape index (κ3) is 4.83. The SMILES string of the molecule is CCOc1ccc(C(CNC(=O)c2ccc(F)c(F)c2)N2CCCC2)cc1. The lowest BCUT2D eigenvalue weighted by molar-refractivity contribution is 0.0937. The molecule has 0 saturated carbocycles. The van der Waals surface area contributed by atoms with Crippen LogP contribution in [0.15, 0.2) is 42.5 Å². The number of benzene rings is 2. The van der Waals surface area contributed by atoms with Crippen LogP contribution < -0.4 is 10.1 Å². The second-order valence-electron chi connectivity index (χ2n) is 6.60. The molecule has 1 fully saturated rings. The van der Waals surface area contributed by atoms with E-state index in [0.717, 1.165) is 49.4 Å². The topological polar surface area (TPSA) is 41.6 Å². The first-order valence-corrected chi connectivity index (χ1v) is 9.28. The van der Waals surface area contributed by atoms with Crippen LogP contribution in [0.2, 0.25) is 0 Å². The molecule has 1 atom stereocenters. The largest absolute Gasteiger partial charge is 0.494 e. The summed E-state index contributed by atoms with van der Waals surface area (Å²) in [6.07, 6.45) is 2.26. The van der Waals surface area contributed by atoms with Crippen molar-refractivity contribution in [3.05, 3.63) is 65.2 Å². The maximum atomic E-state index is 13.4. The van der Waals surface area contributed by atoms with Crippen molar-refractivity contribution >= 4 is 5.91 Å². The Balaban J connectivity index is 1.71. The number of amides is 1. The van der Waals surface area contributed by atoms with Crippen molar-refractivity contribution in [2.24, 2.45) is 0 Å². The number of rotatable bonds is 7. The predicted octanol–water partition coefficient (Wildman–Crippen LogP) is 3.93. The number of ether oxygens (including phenoxy) is 1. The van der Waals surface area contributed by atoms with E-state index in [1.54, 1.807) is 0 Å². The molecule has 2 aromatic rings. The number of hydrogen-bond acceptors (Lipinski definition) is 3. The van der Waals surface area contributed by atoms with E-state index in [-0.39, 0.29) is 11.6 Å². The van der Waals surface area contributed by atoms with Crippen LogP contribution in [-0.2, 0) is 0 Å².